The molecule has 2 amide bonds. The van der Waals surface area contributed by atoms with Crippen LogP contribution in [0.15, 0.2) is 91.0 Å². The zero-order valence-corrected chi connectivity index (χ0v) is 18.2. The maximum Gasteiger partial charge on any atom is 0.254 e. The molecule has 0 aromatic heterocycles. The number of likely N-dealkylation sites (tertiary alicyclic amines) is 1. The number of hydrogen-bond donors (Lipinski definition) is 2. The molecule has 1 aliphatic heterocycles. The van der Waals surface area contributed by atoms with Gasteiger partial charge in [-0.05, 0) is 29.5 Å². The fourth-order valence-corrected chi connectivity index (χ4v) is 4.83. The van der Waals surface area contributed by atoms with E-state index in [1.165, 1.54) is 6.92 Å². The molecular weight excluding hydrogens is 400 g/mol. The van der Waals surface area contributed by atoms with Crippen molar-refractivity contribution in [3.8, 4) is 0 Å². The number of rotatable bonds is 6. The normalized spacial score (nSPS) is 23.1. The van der Waals surface area contributed by atoms with Crippen molar-refractivity contribution in [2.45, 2.75) is 37.4 Å². The molecule has 4 rings (SSSR count). The summed E-state index contributed by atoms with van der Waals surface area (Å²) in [6.45, 7) is 1.55. The molecule has 5 nitrogen and oxygen atoms in total. The molecule has 2 atom stereocenters. The molecule has 164 valence electrons. The van der Waals surface area contributed by atoms with Crippen molar-refractivity contribution in [3.63, 3.8) is 0 Å². The van der Waals surface area contributed by atoms with Gasteiger partial charge in [-0.15, -0.1) is 0 Å². The van der Waals surface area contributed by atoms with E-state index in [2.05, 4.69) is 5.32 Å². The Morgan fingerprint density at radius 1 is 0.875 bits per heavy atom. The minimum absolute atomic E-state index is 0.208. The van der Waals surface area contributed by atoms with Crippen LogP contribution < -0.4 is 5.32 Å². The van der Waals surface area contributed by atoms with Gasteiger partial charge in [0.2, 0.25) is 5.91 Å². The summed E-state index contributed by atoms with van der Waals surface area (Å²) in [4.78, 5) is 28.4. The second kappa shape index (κ2) is 8.97. The fourth-order valence-electron chi connectivity index (χ4n) is 4.83. The van der Waals surface area contributed by atoms with Crippen molar-refractivity contribution >= 4 is 11.8 Å². The van der Waals surface area contributed by atoms with Crippen LogP contribution in [-0.2, 0) is 27.2 Å². The summed E-state index contributed by atoms with van der Waals surface area (Å²) < 4.78 is 0. The Morgan fingerprint density at radius 3 is 1.94 bits per heavy atom. The lowest BCUT2D eigenvalue weighted by Gasteiger charge is -2.53. The third kappa shape index (κ3) is 3.80. The third-order valence-electron chi connectivity index (χ3n) is 6.45. The number of nitrogens with zero attached hydrogens (tertiary/aromatic N) is 1. The van der Waals surface area contributed by atoms with Gasteiger partial charge in [0.05, 0.1) is 12.1 Å². The standard InChI is InChI=1S/C27H28N2O3/c1-21(31)28-27(24-15-9-4-10-16-24)18-17-26(20-30,23-13-7-3-8-14-23)29(25(27)32)19-22-11-5-2-6-12-22/h2-16,30H,17-20H2,1H3,(H,28,31)/t26-,27+/m0/s1. The topological polar surface area (TPSA) is 69.6 Å². The van der Waals surface area contributed by atoms with Gasteiger partial charge >= 0.3 is 0 Å². The van der Waals surface area contributed by atoms with E-state index in [9.17, 15) is 14.7 Å². The van der Waals surface area contributed by atoms with E-state index < -0.39 is 11.1 Å². The first-order valence-corrected chi connectivity index (χ1v) is 10.9. The highest BCUT2D eigenvalue weighted by Crippen LogP contribution is 2.46. The summed E-state index contributed by atoms with van der Waals surface area (Å²) in [7, 11) is 0. The van der Waals surface area contributed by atoms with Crippen LogP contribution in [0.5, 0.6) is 0 Å². The van der Waals surface area contributed by atoms with Gasteiger partial charge in [-0.2, -0.15) is 0 Å². The predicted molar refractivity (Wildman–Crippen MR) is 123 cm³/mol. The molecule has 0 radical (unpaired) electrons. The van der Waals surface area contributed by atoms with Crippen LogP contribution in [0.4, 0.5) is 0 Å². The van der Waals surface area contributed by atoms with E-state index in [-0.39, 0.29) is 18.4 Å². The molecule has 1 fully saturated rings. The number of aliphatic hydroxyl groups is 1. The van der Waals surface area contributed by atoms with Crippen LogP contribution >= 0.6 is 0 Å². The summed E-state index contributed by atoms with van der Waals surface area (Å²) in [6, 6.07) is 28.8. The molecule has 2 N–H and O–H groups in total. The highest BCUT2D eigenvalue weighted by Gasteiger charge is 2.55. The first-order chi connectivity index (χ1) is 15.5. The molecule has 0 aliphatic carbocycles. The van der Waals surface area contributed by atoms with E-state index in [1.807, 2.05) is 91.0 Å². The largest absolute Gasteiger partial charge is 0.394 e. The Balaban J connectivity index is 1.87. The maximum atomic E-state index is 14.3. The van der Waals surface area contributed by atoms with Crippen molar-refractivity contribution in [2.75, 3.05) is 6.61 Å². The molecule has 1 saturated heterocycles. The van der Waals surface area contributed by atoms with Crippen molar-refractivity contribution < 1.29 is 14.7 Å². The zero-order chi connectivity index (χ0) is 22.6. The Morgan fingerprint density at radius 2 is 1.41 bits per heavy atom. The van der Waals surface area contributed by atoms with Crippen molar-refractivity contribution in [3.05, 3.63) is 108 Å². The first kappa shape index (κ1) is 21.8. The maximum absolute atomic E-state index is 14.3. The molecule has 0 bridgehead atoms. The molecule has 32 heavy (non-hydrogen) atoms. The van der Waals surface area contributed by atoms with Gasteiger partial charge in [0.15, 0.2) is 0 Å². The Bertz CT molecular complexity index is 1070. The molecule has 0 unspecified atom stereocenters. The van der Waals surface area contributed by atoms with Gasteiger partial charge in [-0.3, -0.25) is 9.59 Å². The fraction of sp³-hybridized carbons (Fsp3) is 0.259. The molecular formula is C27H28N2O3. The SMILES string of the molecule is CC(=O)N[C@@]1(c2ccccc2)CC[C@](CO)(c2ccccc2)N(Cc2ccccc2)C1=O. The van der Waals surface area contributed by atoms with Crippen LogP contribution in [0.2, 0.25) is 0 Å². The van der Waals surface area contributed by atoms with Crippen LogP contribution in [0.1, 0.15) is 36.5 Å². The van der Waals surface area contributed by atoms with Gasteiger partial charge in [0, 0.05) is 13.5 Å². The van der Waals surface area contributed by atoms with E-state index >= 15 is 0 Å². The minimum Gasteiger partial charge on any atom is -0.394 e. The van der Waals surface area contributed by atoms with Crippen LogP contribution in [-0.4, -0.2) is 28.4 Å². The molecule has 1 heterocycles. The lowest BCUT2D eigenvalue weighted by molar-refractivity contribution is -0.160. The van der Waals surface area contributed by atoms with Crippen LogP contribution in [0, 0.1) is 0 Å². The summed E-state index contributed by atoms with van der Waals surface area (Å²) >= 11 is 0. The molecule has 3 aromatic rings. The second-order valence-corrected chi connectivity index (χ2v) is 8.39. The van der Waals surface area contributed by atoms with Gasteiger partial charge in [0.25, 0.3) is 5.91 Å². The first-order valence-electron chi connectivity index (χ1n) is 10.9. The van der Waals surface area contributed by atoms with E-state index in [0.29, 0.717) is 19.4 Å². The summed E-state index contributed by atoms with van der Waals surface area (Å²) in [5, 5.41) is 13.7. The average Bonchev–Trinajstić information content (AvgIpc) is 2.83. The number of amides is 2. The smallest absolute Gasteiger partial charge is 0.254 e. The van der Waals surface area contributed by atoms with Crippen molar-refractivity contribution in [2.24, 2.45) is 0 Å². The number of aliphatic hydroxyl groups excluding tert-OH is 1. The quantitative estimate of drug-likeness (QED) is 0.629. The number of piperidine rings is 1. The minimum atomic E-state index is -1.19. The number of carbonyl (C=O) groups is 2. The summed E-state index contributed by atoms with van der Waals surface area (Å²) in [6.07, 6.45) is 0.886. The Labute approximate surface area is 188 Å². The van der Waals surface area contributed by atoms with Gasteiger partial charge in [-0.25, -0.2) is 0 Å². The predicted octanol–water partition coefficient (Wildman–Crippen LogP) is 3.73. The zero-order valence-electron chi connectivity index (χ0n) is 18.2. The number of nitrogens with one attached hydrogen (secondary N) is 1. The highest BCUT2D eigenvalue weighted by atomic mass is 16.3. The second-order valence-electron chi connectivity index (χ2n) is 8.39. The van der Waals surface area contributed by atoms with E-state index in [0.717, 1.165) is 16.7 Å². The third-order valence-corrected chi connectivity index (χ3v) is 6.45. The lowest BCUT2D eigenvalue weighted by atomic mass is 9.71. The highest BCUT2D eigenvalue weighted by molar-refractivity contribution is 5.93. The molecule has 3 aromatic carbocycles. The number of carbonyl (C=O) groups excluding carboxylic acids is 2. The van der Waals surface area contributed by atoms with Crippen molar-refractivity contribution in [1.82, 2.24) is 10.2 Å². The summed E-state index contributed by atoms with van der Waals surface area (Å²) in [5.41, 5.74) is 0.524. The molecule has 0 saturated carbocycles. The van der Waals surface area contributed by atoms with Crippen LogP contribution in [0.25, 0.3) is 0 Å². The number of hydrogen-bond acceptors (Lipinski definition) is 3. The monoisotopic (exact) mass is 428 g/mol. The van der Waals surface area contributed by atoms with Gasteiger partial charge in [0.1, 0.15) is 5.54 Å². The van der Waals surface area contributed by atoms with E-state index in [4.69, 9.17) is 0 Å². The van der Waals surface area contributed by atoms with Gasteiger partial charge < -0.3 is 15.3 Å². The Kier molecular flexibility index (Phi) is 6.10. The molecule has 0 spiro atoms. The van der Waals surface area contributed by atoms with Crippen LogP contribution in [0.3, 0.4) is 0 Å². The summed E-state index contributed by atoms with van der Waals surface area (Å²) in [5.74, 6) is -0.482. The van der Waals surface area contributed by atoms with E-state index in [1.54, 1.807) is 4.90 Å². The number of benzene rings is 3. The Hall–Kier alpha value is -3.44. The molecule has 5 heteroatoms. The average molecular weight is 429 g/mol. The molecule has 1 aliphatic rings. The lowest BCUT2D eigenvalue weighted by Crippen LogP contribution is -2.66. The van der Waals surface area contributed by atoms with Gasteiger partial charge in [-0.1, -0.05) is 91.0 Å². The van der Waals surface area contributed by atoms with Crippen molar-refractivity contribution in [1.29, 1.82) is 0 Å².